The highest BCUT2D eigenvalue weighted by Crippen LogP contribution is 2.30. The Balaban J connectivity index is 1.76. The Kier molecular flexibility index (Phi) is 3.28. The largest absolute Gasteiger partial charge is 0.389 e. The van der Waals surface area contributed by atoms with Crippen molar-refractivity contribution in [2.24, 2.45) is 7.05 Å². The Bertz CT molecular complexity index is 347. The maximum Gasteiger partial charge on any atom is 0.108 e. The Hall–Kier alpha value is -0.910. The minimum absolute atomic E-state index is 0.446. The number of nitrogens with one attached hydrogen (secondary N) is 1. The molecule has 2 rings (SSSR count). The standard InChI is InChI=1S/C11H19N3O2/c1-14-9(3-6-13-14)10(15)7-12-8-11(16)4-2-5-11/h3,6,10,12,15-16H,2,4-5,7-8H2,1H3. The third-order valence-corrected chi connectivity index (χ3v) is 3.28. The van der Waals surface area contributed by atoms with Gasteiger partial charge in [0.15, 0.2) is 0 Å². The van der Waals surface area contributed by atoms with Gasteiger partial charge in [-0.2, -0.15) is 5.10 Å². The Morgan fingerprint density at radius 3 is 2.88 bits per heavy atom. The van der Waals surface area contributed by atoms with Crippen molar-refractivity contribution in [2.75, 3.05) is 13.1 Å². The fraction of sp³-hybridized carbons (Fsp3) is 0.727. The zero-order valence-electron chi connectivity index (χ0n) is 9.56. The molecule has 90 valence electrons. The molecule has 0 bridgehead atoms. The van der Waals surface area contributed by atoms with E-state index in [2.05, 4.69) is 10.4 Å². The minimum atomic E-state index is -0.573. The lowest BCUT2D eigenvalue weighted by atomic mass is 9.80. The van der Waals surface area contributed by atoms with E-state index in [1.165, 1.54) is 0 Å². The van der Waals surface area contributed by atoms with Crippen molar-refractivity contribution in [3.8, 4) is 0 Å². The van der Waals surface area contributed by atoms with Gasteiger partial charge in [0.25, 0.3) is 0 Å². The van der Waals surface area contributed by atoms with E-state index in [1.54, 1.807) is 24.0 Å². The summed E-state index contributed by atoms with van der Waals surface area (Å²) in [6.07, 6.45) is 3.92. The van der Waals surface area contributed by atoms with Gasteiger partial charge in [-0.15, -0.1) is 0 Å². The van der Waals surface area contributed by atoms with Crippen LogP contribution >= 0.6 is 0 Å². The van der Waals surface area contributed by atoms with Crippen LogP contribution in [0.5, 0.6) is 0 Å². The summed E-state index contributed by atoms with van der Waals surface area (Å²) in [4.78, 5) is 0. The summed E-state index contributed by atoms with van der Waals surface area (Å²) in [5, 5.41) is 26.8. The topological polar surface area (TPSA) is 70.3 Å². The van der Waals surface area contributed by atoms with Crippen LogP contribution in [0, 0.1) is 0 Å². The van der Waals surface area contributed by atoms with E-state index in [1.807, 2.05) is 0 Å². The fourth-order valence-corrected chi connectivity index (χ4v) is 2.02. The first kappa shape index (κ1) is 11.6. The first-order valence-corrected chi connectivity index (χ1v) is 5.70. The molecule has 1 saturated carbocycles. The van der Waals surface area contributed by atoms with Gasteiger partial charge in [-0.05, 0) is 25.3 Å². The molecule has 0 saturated heterocycles. The van der Waals surface area contributed by atoms with Crippen molar-refractivity contribution >= 4 is 0 Å². The molecule has 5 nitrogen and oxygen atoms in total. The van der Waals surface area contributed by atoms with E-state index in [-0.39, 0.29) is 0 Å². The summed E-state index contributed by atoms with van der Waals surface area (Å²) in [6.45, 7) is 1.00. The van der Waals surface area contributed by atoms with Crippen molar-refractivity contribution in [1.82, 2.24) is 15.1 Å². The van der Waals surface area contributed by atoms with Gasteiger partial charge in [-0.25, -0.2) is 0 Å². The third kappa shape index (κ3) is 2.42. The number of hydrogen-bond acceptors (Lipinski definition) is 4. The molecule has 5 heteroatoms. The molecule has 1 aliphatic rings. The van der Waals surface area contributed by atoms with Crippen molar-refractivity contribution in [3.05, 3.63) is 18.0 Å². The fourth-order valence-electron chi connectivity index (χ4n) is 2.02. The molecule has 1 unspecified atom stereocenters. The van der Waals surface area contributed by atoms with Crippen molar-refractivity contribution in [2.45, 2.75) is 31.0 Å². The summed E-state index contributed by atoms with van der Waals surface area (Å²) in [5.41, 5.74) is 0.250. The lowest BCUT2D eigenvalue weighted by molar-refractivity contribution is -0.0329. The summed E-state index contributed by atoms with van der Waals surface area (Å²) in [7, 11) is 1.80. The zero-order valence-corrected chi connectivity index (χ0v) is 9.56. The van der Waals surface area contributed by atoms with Gasteiger partial charge in [0.2, 0.25) is 0 Å². The molecular weight excluding hydrogens is 206 g/mol. The number of nitrogens with zero attached hydrogens (tertiary/aromatic N) is 2. The number of hydrogen-bond donors (Lipinski definition) is 3. The van der Waals surface area contributed by atoms with Gasteiger partial charge in [-0.1, -0.05) is 0 Å². The molecule has 0 aliphatic heterocycles. The molecule has 1 heterocycles. The molecular formula is C11H19N3O2. The van der Waals surface area contributed by atoms with Crippen LogP contribution in [0.3, 0.4) is 0 Å². The molecule has 0 spiro atoms. The van der Waals surface area contributed by atoms with Crippen LogP contribution in [0.15, 0.2) is 12.3 Å². The van der Waals surface area contributed by atoms with Crippen molar-refractivity contribution in [1.29, 1.82) is 0 Å². The Morgan fingerprint density at radius 2 is 2.38 bits per heavy atom. The van der Waals surface area contributed by atoms with Crippen molar-refractivity contribution in [3.63, 3.8) is 0 Å². The maximum absolute atomic E-state index is 9.87. The van der Waals surface area contributed by atoms with Crippen LogP contribution < -0.4 is 5.32 Å². The average molecular weight is 225 g/mol. The Morgan fingerprint density at radius 1 is 1.62 bits per heavy atom. The highest BCUT2D eigenvalue weighted by molar-refractivity contribution is 5.04. The molecule has 3 N–H and O–H groups in total. The highest BCUT2D eigenvalue weighted by atomic mass is 16.3. The monoisotopic (exact) mass is 225 g/mol. The van der Waals surface area contributed by atoms with Gasteiger partial charge < -0.3 is 15.5 Å². The van der Waals surface area contributed by atoms with Gasteiger partial charge in [0, 0.05) is 26.3 Å². The second-order valence-corrected chi connectivity index (χ2v) is 4.60. The van der Waals surface area contributed by atoms with Crippen LogP contribution in [0.1, 0.15) is 31.1 Å². The summed E-state index contributed by atoms with van der Waals surface area (Å²) in [6, 6.07) is 1.80. The Labute approximate surface area is 95.1 Å². The van der Waals surface area contributed by atoms with Crippen LogP contribution in [-0.2, 0) is 7.05 Å². The van der Waals surface area contributed by atoms with Gasteiger partial charge in [0.1, 0.15) is 6.10 Å². The van der Waals surface area contributed by atoms with E-state index < -0.39 is 11.7 Å². The predicted molar refractivity (Wildman–Crippen MR) is 59.8 cm³/mol. The molecule has 0 radical (unpaired) electrons. The predicted octanol–water partition coefficient (Wildman–Crippen LogP) is -0.0419. The molecule has 1 aromatic heterocycles. The smallest absolute Gasteiger partial charge is 0.108 e. The van der Waals surface area contributed by atoms with E-state index in [4.69, 9.17) is 0 Å². The lowest BCUT2D eigenvalue weighted by Crippen LogP contribution is -2.47. The molecule has 1 aromatic rings. The molecule has 1 aliphatic carbocycles. The van der Waals surface area contributed by atoms with E-state index in [9.17, 15) is 10.2 Å². The number of aliphatic hydroxyl groups excluding tert-OH is 1. The van der Waals surface area contributed by atoms with E-state index >= 15 is 0 Å². The number of aryl methyl sites for hydroxylation is 1. The minimum Gasteiger partial charge on any atom is -0.389 e. The second-order valence-electron chi connectivity index (χ2n) is 4.60. The first-order chi connectivity index (χ1) is 7.61. The normalized spacial score (nSPS) is 20.4. The zero-order chi connectivity index (χ0) is 11.6. The van der Waals surface area contributed by atoms with Gasteiger partial charge in [-0.3, -0.25) is 4.68 Å². The number of rotatable bonds is 5. The number of aromatic nitrogens is 2. The summed E-state index contributed by atoms with van der Waals surface area (Å²) < 4.78 is 1.66. The van der Waals surface area contributed by atoms with Crippen LogP contribution in [0.2, 0.25) is 0 Å². The average Bonchev–Trinajstić information content (AvgIpc) is 2.62. The first-order valence-electron chi connectivity index (χ1n) is 5.70. The third-order valence-electron chi connectivity index (χ3n) is 3.28. The second kappa shape index (κ2) is 4.53. The molecule has 0 amide bonds. The molecule has 0 aromatic carbocycles. The lowest BCUT2D eigenvalue weighted by Gasteiger charge is -2.36. The van der Waals surface area contributed by atoms with E-state index in [0.717, 1.165) is 25.0 Å². The van der Waals surface area contributed by atoms with Crippen LogP contribution in [0.25, 0.3) is 0 Å². The van der Waals surface area contributed by atoms with E-state index in [0.29, 0.717) is 13.1 Å². The summed E-state index contributed by atoms with van der Waals surface area (Å²) in [5.74, 6) is 0. The van der Waals surface area contributed by atoms with Gasteiger partial charge in [0.05, 0.1) is 11.3 Å². The van der Waals surface area contributed by atoms with Crippen LogP contribution in [0.4, 0.5) is 0 Å². The molecule has 1 atom stereocenters. The molecule has 1 fully saturated rings. The van der Waals surface area contributed by atoms with Crippen LogP contribution in [-0.4, -0.2) is 38.7 Å². The molecule has 16 heavy (non-hydrogen) atoms. The SMILES string of the molecule is Cn1nccc1C(O)CNCC1(O)CCC1. The highest BCUT2D eigenvalue weighted by Gasteiger charge is 2.33. The quantitative estimate of drug-likeness (QED) is 0.657. The number of aliphatic hydroxyl groups is 2. The maximum atomic E-state index is 9.87. The summed E-state index contributed by atoms with van der Waals surface area (Å²) >= 11 is 0. The van der Waals surface area contributed by atoms with Gasteiger partial charge >= 0.3 is 0 Å². The van der Waals surface area contributed by atoms with Crippen molar-refractivity contribution < 1.29 is 10.2 Å².